The minimum Gasteiger partial charge on any atom is -0.548 e. The molecule has 1 aromatic carbocycles. The summed E-state index contributed by atoms with van der Waals surface area (Å²) in [5.74, 6) is -1.24. The fraction of sp³-hybridized carbons (Fsp3) is 0.316. The van der Waals surface area contributed by atoms with Gasteiger partial charge in [0.1, 0.15) is 5.76 Å². The predicted molar refractivity (Wildman–Crippen MR) is 96.6 cm³/mol. The molecule has 2 aromatic rings. The third kappa shape index (κ3) is 5.77. The van der Waals surface area contributed by atoms with E-state index >= 15 is 0 Å². The van der Waals surface area contributed by atoms with Crippen molar-refractivity contribution in [2.24, 2.45) is 0 Å². The predicted octanol–water partition coefficient (Wildman–Crippen LogP) is 1.89. The highest BCUT2D eigenvalue weighted by Gasteiger charge is 2.22. The highest BCUT2D eigenvalue weighted by molar-refractivity contribution is 7.99. The van der Waals surface area contributed by atoms with E-state index in [4.69, 9.17) is 4.42 Å². The molecular weight excluding hydrogens is 354 g/mol. The van der Waals surface area contributed by atoms with Crippen LogP contribution in [0.1, 0.15) is 40.3 Å². The Labute approximate surface area is 156 Å². The molecule has 1 aromatic heterocycles. The molecule has 7 heteroatoms. The average molecular weight is 374 g/mol. The maximum absolute atomic E-state index is 12.6. The number of benzene rings is 1. The van der Waals surface area contributed by atoms with E-state index in [9.17, 15) is 19.5 Å². The van der Waals surface area contributed by atoms with E-state index in [1.165, 1.54) is 24.9 Å². The summed E-state index contributed by atoms with van der Waals surface area (Å²) in [6, 6.07) is 9.59. The number of carboxylic acids is 1. The molecule has 138 valence electrons. The number of hydrogen-bond donors (Lipinski definition) is 1. The lowest BCUT2D eigenvalue weighted by Gasteiger charge is -2.21. The van der Waals surface area contributed by atoms with Gasteiger partial charge in [0.2, 0.25) is 5.91 Å². The van der Waals surface area contributed by atoms with Gasteiger partial charge >= 0.3 is 0 Å². The van der Waals surface area contributed by atoms with Crippen LogP contribution in [0.25, 0.3) is 0 Å². The summed E-state index contributed by atoms with van der Waals surface area (Å²) < 4.78 is 5.40. The van der Waals surface area contributed by atoms with Crippen LogP contribution < -0.4 is 10.4 Å². The molecular formula is C19H20NO5S-. The van der Waals surface area contributed by atoms with Crippen molar-refractivity contribution in [3.05, 3.63) is 59.5 Å². The summed E-state index contributed by atoms with van der Waals surface area (Å²) in [5.41, 5.74) is 1.65. The quantitative estimate of drug-likeness (QED) is 0.673. The smallest absolute Gasteiger partial charge is 0.217 e. The van der Waals surface area contributed by atoms with Crippen LogP contribution in [0.15, 0.2) is 47.1 Å². The molecule has 2 atom stereocenters. The number of Topliss-reactive ketones (excluding diaryl/α,β-unsaturated/α-hetero) is 1. The standard InChI is InChI=1S/C19H21NO5S/c1-12-5-7-14(8-6-12)16(22)10-18(17-4-3-9-25-17)26-11-15(19(23)24)20-13(2)21/h3-9,15,18H,10-11H2,1-2H3,(H,20,21)(H,23,24)/p-1/t15-,18+/m0/s1. The van der Waals surface area contributed by atoms with Crippen LogP contribution >= 0.6 is 11.8 Å². The zero-order valence-corrected chi connectivity index (χ0v) is 15.4. The zero-order chi connectivity index (χ0) is 19.1. The van der Waals surface area contributed by atoms with Gasteiger partial charge in [0.25, 0.3) is 0 Å². The Kier molecular flexibility index (Phi) is 7.03. The van der Waals surface area contributed by atoms with Crippen LogP contribution in [0.2, 0.25) is 0 Å². The minimum absolute atomic E-state index is 0.0639. The van der Waals surface area contributed by atoms with Crippen LogP contribution in [0.3, 0.4) is 0 Å². The SMILES string of the molecule is CC(=O)N[C@@H](CS[C@H](CC(=O)c1ccc(C)cc1)c1ccco1)C(=O)[O-]. The number of carbonyl (C=O) groups is 3. The number of nitrogens with one attached hydrogen (secondary N) is 1. The van der Waals surface area contributed by atoms with Crippen molar-refractivity contribution < 1.29 is 23.9 Å². The summed E-state index contributed by atoms with van der Waals surface area (Å²) in [5, 5.41) is 13.1. The van der Waals surface area contributed by atoms with Gasteiger partial charge in [0.05, 0.1) is 23.5 Å². The van der Waals surface area contributed by atoms with Crippen LogP contribution in [0.5, 0.6) is 0 Å². The van der Waals surface area contributed by atoms with E-state index in [1.807, 2.05) is 19.1 Å². The number of aliphatic carboxylic acids is 1. The number of hydrogen-bond acceptors (Lipinski definition) is 6. The fourth-order valence-corrected chi connectivity index (χ4v) is 3.58. The van der Waals surface area contributed by atoms with Gasteiger partial charge in [-0.05, 0) is 19.1 Å². The first-order valence-electron chi connectivity index (χ1n) is 8.09. The number of rotatable bonds is 9. The largest absolute Gasteiger partial charge is 0.548 e. The molecule has 0 unspecified atom stereocenters. The first kappa shape index (κ1) is 19.8. The molecule has 0 radical (unpaired) electrons. The van der Waals surface area contributed by atoms with Crippen molar-refractivity contribution in [3.63, 3.8) is 0 Å². The Balaban J connectivity index is 2.09. The van der Waals surface area contributed by atoms with Gasteiger partial charge in [-0.2, -0.15) is 0 Å². The Bertz CT molecular complexity index is 755. The number of furan rings is 1. The summed E-state index contributed by atoms with van der Waals surface area (Å²) in [6.45, 7) is 3.18. The van der Waals surface area contributed by atoms with Crippen molar-refractivity contribution in [3.8, 4) is 0 Å². The third-order valence-corrected chi connectivity index (χ3v) is 5.06. The Morgan fingerprint density at radius 3 is 2.42 bits per heavy atom. The molecule has 0 aliphatic heterocycles. The molecule has 1 N–H and O–H groups in total. The summed E-state index contributed by atoms with van der Waals surface area (Å²) in [7, 11) is 0. The number of carbonyl (C=O) groups excluding carboxylic acids is 3. The molecule has 0 aliphatic carbocycles. The fourth-order valence-electron chi connectivity index (χ4n) is 2.37. The van der Waals surface area contributed by atoms with Gasteiger partial charge in [-0.1, -0.05) is 29.8 Å². The molecule has 6 nitrogen and oxygen atoms in total. The Morgan fingerprint density at radius 2 is 1.88 bits per heavy atom. The van der Waals surface area contributed by atoms with Crippen molar-refractivity contribution >= 4 is 29.4 Å². The van der Waals surface area contributed by atoms with E-state index in [2.05, 4.69) is 5.32 Å². The lowest BCUT2D eigenvalue weighted by molar-refractivity contribution is -0.307. The molecule has 0 aliphatic rings. The van der Waals surface area contributed by atoms with Crippen molar-refractivity contribution in [2.45, 2.75) is 31.6 Å². The lowest BCUT2D eigenvalue weighted by atomic mass is 10.0. The third-order valence-electron chi connectivity index (χ3n) is 3.73. The molecule has 1 heterocycles. The molecule has 0 bridgehead atoms. The number of aryl methyl sites for hydroxylation is 1. The molecule has 0 spiro atoms. The number of thioether (sulfide) groups is 1. The van der Waals surface area contributed by atoms with Gasteiger partial charge in [-0.25, -0.2) is 0 Å². The van der Waals surface area contributed by atoms with E-state index in [1.54, 1.807) is 24.3 Å². The van der Waals surface area contributed by atoms with E-state index in [-0.39, 0.29) is 23.2 Å². The molecule has 1 amide bonds. The second kappa shape index (κ2) is 9.24. The number of carboxylic acid groups (broad SMARTS) is 1. The minimum atomic E-state index is -1.37. The second-order valence-electron chi connectivity index (χ2n) is 5.90. The number of amides is 1. The first-order chi connectivity index (χ1) is 12.4. The lowest BCUT2D eigenvalue weighted by Crippen LogP contribution is -2.48. The van der Waals surface area contributed by atoms with Gasteiger partial charge in [-0.15, -0.1) is 11.8 Å². The Hall–Kier alpha value is -2.54. The van der Waals surface area contributed by atoms with Gasteiger partial charge in [0.15, 0.2) is 5.78 Å². The first-order valence-corrected chi connectivity index (χ1v) is 9.14. The summed E-state index contributed by atoms with van der Waals surface area (Å²) >= 11 is 1.23. The van der Waals surface area contributed by atoms with E-state index < -0.39 is 17.9 Å². The maximum atomic E-state index is 12.6. The Morgan fingerprint density at radius 1 is 1.19 bits per heavy atom. The van der Waals surface area contributed by atoms with Crippen molar-refractivity contribution in [1.29, 1.82) is 0 Å². The van der Waals surface area contributed by atoms with Crippen molar-refractivity contribution in [2.75, 3.05) is 5.75 Å². The van der Waals surface area contributed by atoms with Crippen molar-refractivity contribution in [1.82, 2.24) is 5.32 Å². The zero-order valence-electron chi connectivity index (χ0n) is 14.6. The molecule has 0 saturated heterocycles. The normalized spacial score (nSPS) is 13.0. The van der Waals surface area contributed by atoms with Crippen LogP contribution in [0.4, 0.5) is 0 Å². The summed E-state index contributed by atoms with van der Waals surface area (Å²) in [4.78, 5) is 34.9. The van der Waals surface area contributed by atoms with Crippen LogP contribution in [0, 0.1) is 6.92 Å². The molecule has 2 rings (SSSR count). The van der Waals surface area contributed by atoms with Gasteiger partial charge in [0, 0.05) is 24.7 Å². The number of ketones is 1. The van der Waals surface area contributed by atoms with Gasteiger partial charge < -0.3 is 19.6 Å². The highest BCUT2D eigenvalue weighted by Crippen LogP contribution is 2.34. The topological polar surface area (TPSA) is 99.4 Å². The van der Waals surface area contributed by atoms with Gasteiger partial charge in [-0.3, -0.25) is 9.59 Å². The molecule has 26 heavy (non-hydrogen) atoms. The summed E-state index contributed by atoms with van der Waals surface area (Å²) in [6.07, 6.45) is 1.66. The highest BCUT2D eigenvalue weighted by atomic mass is 32.2. The molecule has 0 fully saturated rings. The second-order valence-corrected chi connectivity index (χ2v) is 7.14. The van der Waals surface area contributed by atoms with Crippen LogP contribution in [-0.4, -0.2) is 29.5 Å². The van der Waals surface area contributed by atoms with E-state index in [0.29, 0.717) is 11.3 Å². The average Bonchev–Trinajstić information content (AvgIpc) is 3.11. The van der Waals surface area contributed by atoms with E-state index in [0.717, 1.165) is 5.56 Å². The molecule has 0 saturated carbocycles. The maximum Gasteiger partial charge on any atom is 0.217 e. The van der Waals surface area contributed by atoms with Crippen LogP contribution in [-0.2, 0) is 9.59 Å². The monoisotopic (exact) mass is 374 g/mol.